The van der Waals surface area contributed by atoms with Crippen LogP contribution in [0.2, 0.25) is 0 Å². The molecule has 0 fully saturated rings. The summed E-state index contributed by atoms with van der Waals surface area (Å²) in [5.41, 5.74) is -0.995. The maximum atomic E-state index is 14.9. The number of hydrogen-bond acceptors (Lipinski definition) is 21. The molecule has 0 spiro atoms. The summed E-state index contributed by atoms with van der Waals surface area (Å²) in [5.74, 6) is -5.62. The lowest BCUT2D eigenvalue weighted by molar-refractivity contribution is -0.167. The van der Waals surface area contributed by atoms with Crippen LogP contribution in [0.3, 0.4) is 0 Å². The maximum Gasteiger partial charge on any atom is 0.343 e. The van der Waals surface area contributed by atoms with Crippen molar-refractivity contribution in [1.29, 1.82) is 0 Å². The van der Waals surface area contributed by atoms with E-state index in [0.29, 0.717) is 54.7 Å². The molecular weight excluding hydrogens is 1370 g/mol. The van der Waals surface area contributed by atoms with Crippen LogP contribution < -0.4 is 45.3 Å². The molecule has 9 aromatic rings. The summed E-state index contributed by atoms with van der Waals surface area (Å²) in [6.07, 6.45) is 15.8. The highest BCUT2D eigenvalue weighted by Crippen LogP contribution is 2.28. The van der Waals surface area contributed by atoms with Gasteiger partial charge < -0.3 is 55.9 Å². The highest BCUT2D eigenvalue weighted by Gasteiger charge is 2.22. The van der Waals surface area contributed by atoms with Crippen molar-refractivity contribution in [2.75, 3.05) is 33.0 Å². The Hall–Kier alpha value is -11.0. The molecule has 9 rings (SSSR count). The van der Waals surface area contributed by atoms with Crippen molar-refractivity contribution in [3.63, 3.8) is 0 Å². The third-order valence-electron chi connectivity index (χ3n) is 16.9. The number of halogens is 3. The highest BCUT2D eigenvalue weighted by molar-refractivity contribution is 5.93. The summed E-state index contributed by atoms with van der Waals surface area (Å²) in [6, 6.07) is 33.7. The minimum absolute atomic E-state index is 0.00118. The Balaban J connectivity index is 0.617. The Morgan fingerprint density at radius 2 is 0.590 bits per heavy atom. The predicted molar refractivity (Wildman–Crippen MR) is 381 cm³/mol. The number of carbonyl (C=O) groups is 6. The molecule has 0 bridgehead atoms. The second-order valence-electron chi connectivity index (χ2n) is 25.2. The van der Waals surface area contributed by atoms with E-state index >= 15 is 0 Å². The molecule has 24 heteroatoms. The summed E-state index contributed by atoms with van der Waals surface area (Å²) in [5, 5.41) is 1.93. The Labute approximate surface area is 602 Å². The third-order valence-corrected chi connectivity index (χ3v) is 16.9. The van der Waals surface area contributed by atoms with Crippen LogP contribution in [-0.2, 0) is 28.6 Å². The van der Waals surface area contributed by atoms with E-state index < -0.39 is 76.2 Å². The second kappa shape index (κ2) is 41.3. The van der Waals surface area contributed by atoms with Crippen LogP contribution in [0.5, 0.6) is 34.5 Å². The molecule has 3 aromatic heterocycles. The van der Waals surface area contributed by atoms with Crippen molar-refractivity contribution >= 4 is 68.7 Å². The maximum absolute atomic E-state index is 14.9. The molecule has 0 N–H and O–H groups in total. The van der Waals surface area contributed by atoms with Crippen molar-refractivity contribution in [2.24, 2.45) is 0 Å². The zero-order valence-electron chi connectivity index (χ0n) is 58.1. The van der Waals surface area contributed by atoms with Crippen molar-refractivity contribution < 1.29 is 97.8 Å². The van der Waals surface area contributed by atoms with Gasteiger partial charge in [-0.2, -0.15) is 0 Å². The quantitative estimate of drug-likeness (QED) is 0.0113. The number of esters is 6. The fourth-order valence-electron chi connectivity index (χ4n) is 11.2. The molecule has 21 nitrogen and oxygen atoms in total. The summed E-state index contributed by atoms with van der Waals surface area (Å²) >= 11 is 0. The number of fused-ring (bicyclic) bond motifs is 3. The molecule has 554 valence electrons. The minimum atomic E-state index is -1.01. The molecule has 0 aliphatic carbocycles. The number of ether oxygens (including phenoxy) is 9. The van der Waals surface area contributed by atoms with Gasteiger partial charge in [0.25, 0.3) is 0 Å². The number of carbonyl (C=O) groups excluding carboxylic acids is 6. The van der Waals surface area contributed by atoms with Crippen LogP contribution in [0.25, 0.3) is 32.9 Å². The Kier molecular flexibility index (Phi) is 30.7. The van der Waals surface area contributed by atoms with Gasteiger partial charge >= 0.3 is 52.7 Å². The van der Waals surface area contributed by atoms with Crippen LogP contribution in [0.15, 0.2) is 173 Å². The predicted octanol–water partition coefficient (Wildman–Crippen LogP) is 17.0. The van der Waals surface area contributed by atoms with Crippen LogP contribution >= 0.6 is 0 Å². The molecule has 0 unspecified atom stereocenters. The van der Waals surface area contributed by atoms with Gasteiger partial charge in [0.2, 0.25) is 0 Å². The first kappa shape index (κ1) is 78.1. The lowest BCUT2D eigenvalue weighted by Gasteiger charge is -2.18. The van der Waals surface area contributed by atoms with Gasteiger partial charge in [0.15, 0.2) is 40.8 Å². The first-order chi connectivity index (χ1) is 51.0. The molecule has 6 aromatic carbocycles. The molecule has 0 aliphatic heterocycles. The lowest BCUT2D eigenvalue weighted by Crippen LogP contribution is -2.30. The topological polar surface area (TPSA) is 276 Å². The average molecular weight is 1450 g/mol. The van der Waals surface area contributed by atoms with Gasteiger partial charge in [0.05, 0.1) is 36.5 Å². The van der Waals surface area contributed by atoms with Crippen LogP contribution in [0.4, 0.5) is 13.2 Å². The van der Waals surface area contributed by atoms with Gasteiger partial charge in [0, 0.05) is 71.8 Å². The molecule has 0 atom stereocenters. The van der Waals surface area contributed by atoms with E-state index in [-0.39, 0.29) is 120 Å². The third kappa shape index (κ3) is 26.3. The van der Waals surface area contributed by atoms with Gasteiger partial charge in [-0.3, -0.25) is 14.4 Å². The fraction of sp³-hybridized carbons (Fsp3) is 0.370. The van der Waals surface area contributed by atoms with Crippen molar-refractivity contribution in [1.82, 2.24) is 0 Å². The average Bonchev–Trinajstić information content (AvgIpc) is 0.830. The smallest absolute Gasteiger partial charge is 0.343 e. The molecule has 0 saturated heterocycles. The van der Waals surface area contributed by atoms with Crippen LogP contribution in [-0.4, -0.2) is 75.0 Å². The van der Waals surface area contributed by atoms with E-state index in [1.165, 1.54) is 91.0 Å². The number of unbranched alkanes of at least 4 members (excludes halogenated alkanes) is 18. The Morgan fingerprint density at radius 3 is 0.895 bits per heavy atom. The van der Waals surface area contributed by atoms with Crippen molar-refractivity contribution in [3.8, 4) is 34.5 Å². The summed E-state index contributed by atoms with van der Waals surface area (Å²) in [4.78, 5) is 112. The molecule has 0 saturated carbocycles. The minimum Gasteiger partial charge on any atom is -0.491 e. The number of hydrogen-bond donors (Lipinski definition) is 0. The van der Waals surface area contributed by atoms with Crippen LogP contribution in [0, 0.1) is 17.5 Å². The molecule has 0 amide bonds. The normalized spacial score (nSPS) is 11.2. The van der Waals surface area contributed by atoms with Gasteiger partial charge in [-0.05, 0) is 148 Å². The summed E-state index contributed by atoms with van der Waals surface area (Å²) < 4.78 is 110. The molecular formula is C81H83F3O21. The van der Waals surface area contributed by atoms with Gasteiger partial charge in [-0.1, -0.05) is 96.3 Å². The van der Waals surface area contributed by atoms with E-state index in [2.05, 4.69) is 0 Å². The first-order valence-corrected chi connectivity index (χ1v) is 35.5. The number of rotatable bonds is 44. The monoisotopic (exact) mass is 1450 g/mol. The zero-order valence-corrected chi connectivity index (χ0v) is 58.1. The van der Waals surface area contributed by atoms with Crippen molar-refractivity contribution in [2.45, 2.75) is 160 Å². The largest absolute Gasteiger partial charge is 0.491 e. The highest BCUT2D eigenvalue weighted by atomic mass is 19.1. The summed E-state index contributed by atoms with van der Waals surface area (Å²) in [7, 11) is 0. The van der Waals surface area contributed by atoms with E-state index in [1.54, 1.807) is 36.4 Å². The Morgan fingerprint density at radius 1 is 0.314 bits per heavy atom. The second-order valence-corrected chi connectivity index (χ2v) is 25.2. The van der Waals surface area contributed by atoms with E-state index in [1.807, 2.05) is 0 Å². The van der Waals surface area contributed by atoms with Crippen molar-refractivity contribution in [3.05, 3.63) is 211 Å². The lowest BCUT2D eigenvalue weighted by atomic mass is 10.1. The van der Waals surface area contributed by atoms with E-state index in [4.69, 9.17) is 55.9 Å². The van der Waals surface area contributed by atoms with Gasteiger partial charge in [0.1, 0.15) is 47.2 Å². The van der Waals surface area contributed by atoms with Gasteiger partial charge in [-0.15, -0.1) is 0 Å². The standard InChI is InChI=1S/C81H83F3O21/c82-64-46-57(79(91)100-60-34-25-54-31-40-76(88)103-70(54)49-60)28-37-67(64)94-43-19-13-7-1-4-10-16-22-73(85)97-52-63(99-75(87)24-18-12-6-3-9-15-21-45-96-69-39-30-59(48-66(69)84)81(93)102-62-36-27-56-33-42-78(90)105-72(56)51-62)53-98-74(86)23-17-11-5-2-8-14-20-44-95-68-38-29-58(47-65(68)83)80(92)101-61-35-26-55-32-41-77(89)104-71(55)50-61/h25-42,46-51,63H,1-24,43-45,52-53H2. The SMILES string of the molecule is O=C(CCCCCCCCCOc1ccc(C(=O)Oc2ccc3ccc(=O)oc3c2)cc1F)OCC(COC(=O)CCCCCCCCCOc1ccc(C(=O)Oc2ccc3ccc(=O)oc3c2)cc1F)OC(=O)CCCCCCCCCOc1ccc(C(=O)Oc2ccc3ccc(=O)oc3c2)cc1F. The summed E-state index contributed by atoms with van der Waals surface area (Å²) in [6.45, 7) is 0.211. The molecule has 105 heavy (non-hydrogen) atoms. The molecule has 0 aliphatic rings. The van der Waals surface area contributed by atoms with Crippen LogP contribution in [0.1, 0.15) is 185 Å². The van der Waals surface area contributed by atoms with E-state index in [0.717, 1.165) is 115 Å². The zero-order chi connectivity index (χ0) is 74.1. The molecule has 0 radical (unpaired) electrons. The number of benzene rings is 6. The van der Waals surface area contributed by atoms with E-state index in [9.17, 15) is 56.3 Å². The first-order valence-electron chi connectivity index (χ1n) is 35.5. The van der Waals surface area contributed by atoms with Gasteiger partial charge in [-0.25, -0.2) is 41.9 Å². The fourth-order valence-corrected chi connectivity index (χ4v) is 11.2. The molecule has 3 heterocycles. The Bertz CT molecular complexity index is 4410.